The number of anilines is 1. The normalized spacial score (nSPS) is 21.7. The molecule has 3 heteroatoms. The zero-order valence-electron chi connectivity index (χ0n) is 9.44. The van der Waals surface area contributed by atoms with Crippen LogP contribution < -0.4 is 4.90 Å². The molecule has 0 aliphatic carbocycles. The minimum absolute atomic E-state index is 0.362. The van der Waals surface area contributed by atoms with Crippen LogP contribution in [0, 0.1) is 6.92 Å². The van der Waals surface area contributed by atoms with E-state index in [1.54, 1.807) is 0 Å². The van der Waals surface area contributed by atoms with E-state index in [2.05, 4.69) is 28.9 Å². The molecule has 3 nitrogen and oxygen atoms in total. The molecule has 1 saturated heterocycles. The van der Waals surface area contributed by atoms with E-state index in [0.29, 0.717) is 6.10 Å². The van der Waals surface area contributed by atoms with Gasteiger partial charge in [-0.2, -0.15) is 0 Å². The fourth-order valence-corrected chi connectivity index (χ4v) is 1.88. The average Bonchev–Trinajstić information content (AvgIpc) is 2.29. The summed E-state index contributed by atoms with van der Waals surface area (Å²) < 4.78 is 5.64. The molecule has 1 unspecified atom stereocenters. The van der Waals surface area contributed by atoms with Gasteiger partial charge in [-0.25, -0.2) is 4.98 Å². The summed E-state index contributed by atoms with van der Waals surface area (Å²) >= 11 is 0. The van der Waals surface area contributed by atoms with E-state index in [9.17, 15) is 0 Å². The molecule has 2 heterocycles. The van der Waals surface area contributed by atoms with E-state index >= 15 is 0 Å². The lowest BCUT2D eigenvalue weighted by Crippen LogP contribution is -2.42. The van der Waals surface area contributed by atoms with E-state index in [1.165, 1.54) is 0 Å². The lowest BCUT2D eigenvalue weighted by atomic mass is 10.2. The number of rotatable bonds is 2. The second-order valence-corrected chi connectivity index (χ2v) is 3.98. The van der Waals surface area contributed by atoms with Crippen molar-refractivity contribution in [2.24, 2.45) is 0 Å². The second-order valence-electron chi connectivity index (χ2n) is 3.98. The monoisotopic (exact) mass is 206 g/mol. The van der Waals surface area contributed by atoms with Crippen molar-refractivity contribution in [1.29, 1.82) is 0 Å². The summed E-state index contributed by atoms with van der Waals surface area (Å²) in [5.41, 5.74) is 1.08. The van der Waals surface area contributed by atoms with Gasteiger partial charge in [-0.1, -0.05) is 13.0 Å². The van der Waals surface area contributed by atoms with Crippen LogP contribution in [0.1, 0.15) is 19.0 Å². The molecule has 82 valence electrons. The lowest BCUT2D eigenvalue weighted by molar-refractivity contribution is 0.0381. The number of morpholine rings is 1. The van der Waals surface area contributed by atoms with Gasteiger partial charge in [0.05, 0.1) is 12.7 Å². The smallest absolute Gasteiger partial charge is 0.128 e. The minimum Gasteiger partial charge on any atom is -0.375 e. The first-order chi connectivity index (χ1) is 7.29. The maximum Gasteiger partial charge on any atom is 0.128 e. The van der Waals surface area contributed by atoms with Crippen LogP contribution in [0.25, 0.3) is 0 Å². The van der Waals surface area contributed by atoms with Crippen molar-refractivity contribution in [2.45, 2.75) is 26.4 Å². The van der Waals surface area contributed by atoms with Gasteiger partial charge in [-0.15, -0.1) is 0 Å². The first kappa shape index (κ1) is 10.4. The molecule has 0 saturated carbocycles. The second kappa shape index (κ2) is 4.62. The molecule has 0 radical (unpaired) electrons. The van der Waals surface area contributed by atoms with Crippen molar-refractivity contribution in [3.8, 4) is 0 Å². The van der Waals surface area contributed by atoms with Crippen molar-refractivity contribution in [1.82, 2.24) is 4.98 Å². The van der Waals surface area contributed by atoms with Crippen molar-refractivity contribution < 1.29 is 4.74 Å². The molecular weight excluding hydrogens is 188 g/mol. The van der Waals surface area contributed by atoms with Crippen molar-refractivity contribution >= 4 is 5.82 Å². The Kier molecular flexibility index (Phi) is 3.21. The summed E-state index contributed by atoms with van der Waals surface area (Å²) in [7, 11) is 0. The predicted octanol–water partition coefficient (Wildman–Crippen LogP) is 2.01. The van der Waals surface area contributed by atoms with Gasteiger partial charge in [0.25, 0.3) is 0 Å². The third-order valence-corrected chi connectivity index (χ3v) is 2.79. The molecule has 1 fully saturated rings. The topological polar surface area (TPSA) is 25.4 Å². The molecule has 1 atom stereocenters. The summed E-state index contributed by atoms with van der Waals surface area (Å²) in [6.07, 6.45) is 1.43. The Morgan fingerprint density at radius 2 is 2.40 bits per heavy atom. The van der Waals surface area contributed by atoms with Gasteiger partial charge in [0.1, 0.15) is 5.82 Å². The Hall–Kier alpha value is -1.09. The molecule has 0 aromatic carbocycles. The fraction of sp³-hybridized carbons (Fsp3) is 0.583. The Labute approximate surface area is 91.1 Å². The first-order valence-corrected chi connectivity index (χ1v) is 5.60. The van der Waals surface area contributed by atoms with Gasteiger partial charge in [0.15, 0.2) is 0 Å². The predicted molar refractivity (Wildman–Crippen MR) is 61.2 cm³/mol. The minimum atomic E-state index is 0.362. The van der Waals surface area contributed by atoms with E-state index in [-0.39, 0.29) is 0 Å². The maximum atomic E-state index is 5.64. The van der Waals surface area contributed by atoms with Crippen molar-refractivity contribution in [3.63, 3.8) is 0 Å². The van der Waals surface area contributed by atoms with Crippen molar-refractivity contribution in [2.75, 3.05) is 24.6 Å². The quantitative estimate of drug-likeness (QED) is 0.740. The number of aromatic nitrogens is 1. The maximum absolute atomic E-state index is 5.64. The molecule has 1 aromatic rings. The number of ether oxygens (including phenoxy) is 1. The number of aryl methyl sites for hydroxylation is 1. The molecule has 1 aliphatic heterocycles. The van der Waals surface area contributed by atoms with Crippen LogP contribution in [-0.4, -0.2) is 30.8 Å². The third-order valence-electron chi connectivity index (χ3n) is 2.79. The largest absolute Gasteiger partial charge is 0.375 e. The number of nitrogens with zero attached hydrogens (tertiary/aromatic N) is 2. The van der Waals surface area contributed by atoms with Crippen LogP contribution in [0.5, 0.6) is 0 Å². The van der Waals surface area contributed by atoms with Gasteiger partial charge in [-0.05, 0) is 25.5 Å². The molecule has 0 spiro atoms. The highest BCUT2D eigenvalue weighted by Crippen LogP contribution is 2.16. The van der Waals surface area contributed by atoms with E-state index in [0.717, 1.165) is 37.6 Å². The molecule has 0 amide bonds. The summed E-state index contributed by atoms with van der Waals surface area (Å²) in [5.74, 6) is 1.08. The zero-order valence-corrected chi connectivity index (χ0v) is 9.44. The van der Waals surface area contributed by atoms with Crippen LogP contribution in [0.2, 0.25) is 0 Å². The lowest BCUT2D eigenvalue weighted by Gasteiger charge is -2.33. The van der Waals surface area contributed by atoms with Gasteiger partial charge >= 0.3 is 0 Å². The van der Waals surface area contributed by atoms with E-state index in [4.69, 9.17) is 4.74 Å². The fourth-order valence-electron chi connectivity index (χ4n) is 1.88. The molecule has 2 rings (SSSR count). The summed E-state index contributed by atoms with van der Waals surface area (Å²) in [5, 5.41) is 0. The summed E-state index contributed by atoms with van der Waals surface area (Å²) in [4.78, 5) is 6.85. The highest BCUT2D eigenvalue weighted by Gasteiger charge is 2.19. The molecular formula is C12H18N2O. The Balaban J connectivity index is 2.09. The molecule has 0 N–H and O–H groups in total. The molecule has 0 bridgehead atoms. The Morgan fingerprint density at radius 3 is 3.13 bits per heavy atom. The summed E-state index contributed by atoms with van der Waals surface area (Å²) in [6.45, 7) is 6.92. The third kappa shape index (κ3) is 2.48. The van der Waals surface area contributed by atoms with Crippen LogP contribution in [0.3, 0.4) is 0 Å². The van der Waals surface area contributed by atoms with Crippen LogP contribution in [0.15, 0.2) is 18.2 Å². The van der Waals surface area contributed by atoms with Gasteiger partial charge in [-0.3, -0.25) is 0 Å². The SMILES string of the molecule is CCC1CN(c2cccc(C)n2)CCO1. The van der Waals surface area contributed by atoms with Crippen molar-refractivity contribution in [3.05, 3.63) is 23.9 Å². The van der Waals surface area contributed by atoms with Gasteiger partial charge in [0.2, 0.25) is 0 Å². The molecule has 1 aromatic heterocycles. The first-order valence-electron chi connectivity index (χ1n) is 5.60. The highest BCUT2D eigenvalue weighted by atomic mass is 16.5. The van der Waals surface area contributed by atoms with Crippen LogP contribution >= 0.6 is 0 Å². The number of hydrogen-bond acceptors (Lipinski definition) is 3. The average molecular weight is 206 g/mol. The van der Waals surface area contributed by atoms with Gasteiger partial charge in [0, 0.05) is 18.8 Å². The molecule has 1 aliphatic rings. The van der Waals surface area contributed by atoms with E-state index in [1.807, 2.05) is 13.0 Å². The Morgan fingerprint density at radius 1 is 1.53 bits per heavy atom. The molecule has 15 heavy (non-hydrogen) atoms. The van der Waals surface area contributed by atoms with E-state index < -0.39 is 0 Å². The number of pyridine rings is 1. The van der Waals surface area contributed by atoms with Crippen LogP contribution in [0.4, 0.5) is 5.82 Å². The summed E-state index contributed by atoms with van der Waals surface area (Å²) in [6, 6.07) is 6.17. The highest BCUT2D eigenvalue weighted by molar-refractivity contribution is 5.39. The Bertz CT molecular complexity index is 327. The standard InChI is InChI=1S/C12H18N2O/c1-3-11-9-14(7-8-15-11)12-6-4-5-10(2)13-12/h4-6,11H,3,7-9H2,1-2H3. The zero-order chi connectivity index (χ0) is 10.7. The number of hydrogen-bond donors (Lipinski definition) is 0. The van der Waals surface area contributed by atoms with Gasteiger partial charge < -0.3 is 9.64 Å². The van der Waals surface area contributed by atoms with Crippen LogP contribution in [-0.2, 0) is 4.74 Å².